The van der Waals surface area contributed by atoms with Gasteiger partial charge in [-0.05, 0) is 79.9 Å². The zero-order valence-electron chi connectivity index (χ0n) is 19.7. The highest BCUT2D eigenvalue weighted by atomic mass is 79.9. The van der Waals surface area contributed by atoms with Crippen LogP contribution in [0, 0.1) is 16.1 Å². The van der Waals surface area contributed by atoms with Gasteiger partial charge in [0, 0.05) is 32.3 Å². The Bertz CT molecular complexity index is 1660. The summed E-state index contributed by atoms with van der Waals surface area (Å²) in [6.07, 6.45) is -4.09. The van der Waals surface area contributed by atoms with Gasteiger partial charge in [-0.25, -0.2) is 13.7 Å². The van der Waals surface area contributed by atoms with Gasteiger partial charge in [0.15, 0.2) is 0 Å². The zero-order valence-corrected chi connectivity index (χ0v) is 22.1. The van der Waals surface area contributed by atoms with Gasteiger partial charge in [-0.15, -0.1) is 13.2 Å². The van der Waals surface area contributed by atoms with E-state index >= 15 is 0 Å². The SMILES string of the molecule is N#Cc1ccc2c(c1)c1cc(Br)ccc1n2C1CCCC(NS(=N)(=O)c2ccc(OC(F)(F)F)cc2)C1O. The number of alkyl halides is 3. The summed E-state index contributed by atoms with van der Waals surface area (Å²) in [5.41, 5.74) is 2.23. The van der Waals surface area contributed by atoms with Gasteiger partial charge in [0.2, 0.25) is 0 Å². The highest BCUT2D eigenvalue weighted by Gasteiger charge is 2.36. The lowest BCUT2D eigenvalue weighted by molar-refractivity contribution is -0.274. The molecule has 1 heterocycles. The lowest BCUT2D eigenvalue weighted by Gasteiger charge is -2.37. The van der Waals surface area contributed by atoms with Crippen LogP contribution >= 0.6 is 15.9 Å². The van der Waals surface area contributed by atoms with Crippen molar-refractivity contribution in [3.8, 4) is 11.8 Å². The van der Waals surface area contributed by atoms with E-state index in [1.165, 1.54) is 0 Å². The second-order valence-corrected chi connectivity index (χ2v) is 11.9. The zero-order chi connectivity index (χ0) is 27.2. The highest BCUT2D eigenvalue weighted by Crippen LogP contribution is 2.39. The minimum atomic E-state index is -4.86. The Hall–Kier alpha value is -3.11. The topological polar surface area (TPSA) is 111 Å². The predicted molar refractivity (Wildman–Crippen MR) is 140 cm³/mol. The summed E-state index contributed by atoms with van der Waals surface area (Å²) in [5.74, 6) is -0.480. The predicted octanol–water partition coefficient (Wildman–Crippen LogP) is 6.39. The Balaban J connectivity index is 1.46. The van der Waals surface area contributed by atoms with Crippen LogP contribution in [0.25, 0.3) is 21.8 Å². The third-order valence-corrected chi connectivity index (χ3v) is 8.82. The Morgan fingerprint density at radius 2 is 1.74 bits per heavy atom. The van der Waals surface area contributed by atoms with Crippen molar-refractivity contribution in [3.63, 3.8) is 0 Å². The molecule has 0 spiro atoms. The largest absolute Gasteiger partial charge is 0.573 e. The Morgan fingerprint density at radius 1 is 1.08 bits per heavy atom. The molecule has 0 aliphatic heterocycles. The summed E-state index contributed by atoms with van der Waals surface area (Å²) in [6, 6.07) is 16.5. The smallest absolute Gasteiger partial charge is 0.406 e. The number of nitriles is 1. The molecule has 4 aromatic rings. The first-order chi connectivity index (χ1) is 18.0. The second kappa shape index (κ2) is 9.89. The van der Waals surface area contributed by atoms with Crippen LogP contribution in [0.1, 0.15) is 30.9 Å². The molecule has 5 rings (SSSR count). The Labute approximate surface area is 225 Å². The van der Waals surface area contributed by atoms with Gasteiger partial charge >= 0.3 is 6.36 Å². The van der Waals surface area contributed by atoms with Crippen molar-refractivity contribution in [2.45, 2.75) is 48.7 Å². The van der Waals surface area contributed by atoms with Crippen LogP contribution in [0.15, 0.2) is 70.0 Å². The number of halogens is 4. The lowest BCUT2D eigenvalue weighted by atomic mass is 9.88. The molecule has 38 heavy (non-hydrogen) atoms. The van der Waals surface area contributed by atoms with Crippen LogP contribution in [0.4, 0.5) is 13.2 Å². The highest BCUT2D eigenvalue weighted by molar-refractivity contribution is 9.10. The van der Waals surface area contributed by atoms with E-state index in [1.807, 2.05) is 34.9 Å². The molecule has 3 aromatic carbocycles. The van der Waals surface area contributed by atoms with E-state index in [9.17, 15) is 27.7 Å². The maximum atomic E-state index is 13.3. The molecule has 0 bridgehead atoms. The van der Waals surface area contributed by atoms with E-state index in [-0.39, 0.29) is 4.90 Å². The standard InChI is InChI=1S/C26H22BrF3N4O3S/c27-16-5-11-23-20(13-16)19-12-15(14-31)4-10-22(19)34(23)24-3-1-2-21(25(24)35)33-38(32,36)18-8-6-17(7-9-18)37-26(28,29)30/h4-13,21,24-25,35H,1-3H2,(H2,32,33,36). The first-order valence-corrected chi connectivity index (χ1v) is 14.1. The quantitative estimate of drug-likeness (QED) is 0.244. The van der Waals surface area contributed by atoms with E-state index in [2.05, 4.69) is 31.5 Å². The van der Waals surface area contributed by atoms with Crippen molar-refractivity contribution in [1.29, 1.82) is 10.0 Å². The van der Waals surface area contributed by atoms with Gasteiger partial charge in [0.05, 0.1) is 28.7 Å². The molecular formula is C26H22BrF3N4O3S. The number of hydrogen-bond acceptors (Lipinski definition) is 5. The van der Waals surface area contributed by atoms with Crippen LogP contribution in [-0.2, 0) is 9.92 Å². The molecule has 1 saturated carbocycles. The minimum absolute atomic E-state index is 0.0212. The number of nitrogens with one attached hydrogen (secondary N) is 2. The fourth-order valence-electron chi connectivity index (χ4n) is 5.13. The fraction of sp³-hybridized carbons (Fsp3) is 0.269. The van der Waals surface area contributed by atoms with Crippen molar-refractivity contribution in [1.82, 2.24) is 9.29 Å². The van der Waals surface area contributed by atoms with Gasteiger partial charge in [-0.2, -0.15) is 5.26 Å². The third kappa shape index (κ3) is 5.11. The molecule has 4 unspecified atom stereocenters. The molecule has 198 valence electrons. The molecule has 0 saturated heterocycles. The summed E-state index contributed by atoms with van der Waals surface area (Å²) >= 11 is 3.50. The van der Waals surface area contributed by atoms with Crippen molar-refractivity contribution in [3.05, 3.63) is 70.7 Å². The second-order valence-electron chi connectivity index (χ2n) is 9.16. The third-order valence-electron chi connectivity index (χ3n) is 6.75. The van der Waals surface area contributed by atoms with E-state index < -0.39 is 40.2 Å². The normalized spacial score (nSPS) is 21.7. The van der Waals surface area contributed by atoms with Crippen molar-refractivity contribution < 1.29 is 27.2 Å². The van der Waals surface area contributed by atoms with Gasteiger partial charge in [-0.1, -0.05) is 15.9 Å². The monoisotopic (exact) mass is 606 g/mol. The van der Waals surface area contributed by atoms with Gasteiger partial charge in [-0.3, -0.25) is 0 Å². The Kier molecular flexibility index (Phi) is 6.89. The number of hydrogen-bond donors (Lipinski definition) is 3. The molecule has 7 nitrogen and oxygen atoms in total. The lowest BCUT2D eigenvalue weighted by Crippen LogP contribution is -2.49. The van der Waals surface area contributed by atoms with Crippen LogP contribution in [0.2, 0.25) is 0 Å². The number of rotatable bonds is 5. The van der Waals surface area contributed by atoms with Gasteiger partial charge in [0.1, 0.15) is 15.7 Å². The number of aromatic nitrogens is 1. The van der Waals surface area contributed by atoms with E-state index in [0.717, 1.165) is 50.5 Å². The average molecular weight is 607 g/mol. The summed E-state index contributed by atoms with van der Waals surface area (Å²) in [5, 5.41) is 22.6. The van der Waals surface area contributed by atoms with Crippen LogP contribution in [-0.4, -0.2) is 32.4 Å². The molecule has 4 atom stereocenters. The van der Waals surface area contributed by atoms with Crippen molar-refractivity contribution in [2.75, 3.05) is 0 Å². The van der Waals surface area contributed by atoms with Crippen LogP contribution in [0.5, 0.6) is 5.75 Å². The van der Waals surface area contributed by atoms with E-state index in [0.29, 0.717) is 24.8 Å². The number of benzene rings is 3. The number of aliphatic hydroxyl groups excluding tert-OH is 1. The molecule has 12 heteroatoms. The molecule has 3 N–H and O–H groups in total. The molecule has 1 fully saturated rings. The van der Waals surface area contributed by atoms with Crippen molar-refractivity contribution >= 4 is 47.7 Å². The van der Waals surface area contributed by atoms with Crippen molar-refractivity contribution in [2.24, 2.45) is 0 Å². The Morgan fingerprint density at radius 3 is 2.39 bits per heavy atom. The molecule has 0 radical (unpaired) electrons. The maximum Gasteiger partial charge on any atom is 0.573 e. The van der Waals surface area contributed by atoms with Gasteiger partial charge < -0.3 is 14.4 Å². The minimum Gasteiger partial charge on any atom is -0.406 e. The fourth-order valence-corrected chi connectivity index (χ4v) is 6.83. The summed E-state index contributed by atoms with van der Waals surface area (Å²) in [4.78, 5) is -0.0212. The maximum absolute atomic E-state index is 13.3. The first-order valence-electron chi connectivity index (χ1n) is 11.7. The number of fused-ring (bicyclic) bond motifs is 3. The molecule has 0 amide bonds. The number of ether oxygens (including phenoxy) is 1. The van der Waals surface area contributed by atoms with Crippen LogP contribution < -0.4 is 9.46 Å². The molecule has 1 aliphatic carbocycles. The first kappa shape index (κ1) is 26.5. The van der Waals surface area contributed by atoms with E-state index in [1.54, 1.807) is 6.07 Å². The summed E-state index contributed by atoms with van der Waals surface area (Å²) < 4.78 is 68.6. The van der Waals surface area contributed by atoms with Crippen LogP contribution in [0.3, 0.4) is 0 Å². The molecular weight excluding hydrogens is 585 g/mol. The number of aliphatic hydroxyl groups is 1. The van der Waals surface area contributed by atoms with Gasteiger partial charge in [0.25, 0.3) is 0 Å². The van der Waals surface area contributed by atoms with E-state index in [4.69, 9.17) is 4.78 Å². The summed E-state index contributed by atoms with van der Waals surface area (Å²) in [6.45, 7) is 0. The number of nitrogens with zero attached hydrogens (tertiary/aromatic N) is 2. The summed E-state index contributed by atoms with van der Waals surface area (Å²) in [7, 11) is -3.64. The molecule has 1 aliphatic rings. The molecule has 1 aromatic heterocycles. The average Bonchev–Trinajstić information content (AvgIpc) is 3.17.